The van der Waals surface area contributed by atoms with Gasteiger partial charge >= 0.3 is 0 Å². The van der Waals surface area contributed by atoms with Gasteiger partial charge in [-0.05, 0) is 55.6 Å². The van der Waals surface area contributed by atoms with Gasteiger partial charge in [0.25, 0.3) is 0 Å². The van der Waals surface area contributed by atoms with E-state index in [0.717, 1.165) is 30.6 Å². The predicted octanol–water partition coefficient (Wildman–Crippen LogP) is 7.70. The summed E-state index contributed by atoms with van der Waals surface area (Å²) in [6, 6.07) is 2.94. The Balaban J connectivity index is 1.39. The van der Waals surface area contributed by atoms with Gasteiger partial charge in [0.1, 0.15) is 0 Å². The molecule has 0 heterocycles. The van der Waals surface area contributed by atoms with Gasteiger partial charge in [0.05, 0.1) is 12.2 Å². The Labute approximate surface area is 187 Å². The lowest BCUT2D eigenvalue weighted by Crippen LogP contribution is -2.19. The SMILES string of the molecule is CCCC1CCC(CCC2CCC(CC(=O)c3ccc(OCC)c(F)c3O)CC2)CC1. The van der Waals surface area contributed by atoms with E-state index in [2.05, 4.69) is 6.92 Å². The van der Waals surface area contributed by atoms with Crippen LogP contribution in [0.3, 0.4) is 0 Å². The normalized spacial score (nSPS) is 26.5. The molecule has 0 aromatic heterocycles. The highest BCUT2D eigenvalue weighted by Crippen LogP contribution is 2.39. The smallest absolute Gasteiger partial charge is 0.207 e. The molecule has 2 aliphatic rings. The maximum atomic E-state index is 14.2. The minimum absolute atomic E-state index is 0.00379. The summed E-state index contributed by atoms with van der Waals surface area (Å²) in [5, 5.41) is 10.1. The van der Waals surface area contributed by atoms with E-state index in [0.29, 0.717) is 18.9 Å². The van der Waals surface area contributed by atoms with E-state index in [1.165, 1.54) is 76.3 Å². The van der Waals surface area contributed by atoms with Gasteiger partial charge in [0.15, 0.2) is 17.3 Å². The lowest BCUT2D eigenvalue weighted by molar-refractivity contribution is 0.0937. The van der Waals surface area contributed by atoms with E-state index >= 15 is 0 Å². The first-order chi connectivity index (χ1) is 15.0. The molecule has 31 heavy (non-hydrogen) atoms. The van der Waals surface area contributed by atoms with Crippen molar-refractivity contribution in [3.8, 4) is 11.5 Å². The van der Waals surface area contributed by atoms with Crippen LogP contribution in [0.1, 0.15) is 108 Å². The second kappa shape index (κ2) is 11.9. The fraction of sp³-hybridized carbons (Fsp3) is 0.741. The molecule has 174 valence electrons. The summed E-state index contributed by atoms with van der Waals surface area (Å²) in [6.07, 6.45) is 16.1. The first-order valence-corrected chi connectivity index (χ1v) is 12.7. The molecule has 2 aliphatic carbocycles. The molecular formula is C27H41FO3. The third-order valence-electron chi connectivity index (χ3n) is 7.77. The van der Waals surface area contributed by atoms with Gasteiger partial charge in [-0.3, -0.25) is 4.79 Å². The van der Waals surface area contributed by atoms with Gasteiger partial charge in [-0.1, -0.05) is 71.1 Å². The minimum Gasteiger partial charge on any atom is -0.504 e. The molecule has 3 nitrogen and oxygen atoms in total. The average molecular weight is 433 g/mol. The van der Waals surface area contributed by atoms with Crippen LogP contribution in [0.4, 0.5) is 4.39 Å². The van der Waals surface area contributed by atoms with Crippen LogP contribution in [0.15, 0.2) is 12.1 Å². The van der Waals surface area contributed by atoms with Gasteiger partial charge < -0.3 is 9.84 Å². The number of Topliss-reactive ketones (excluding diaryl/α,β-unsaturated/α-hetero) is 1. The van der Waals surface area contributed by atoms with Crippen LogP contribution >= 0.6 is 0 Å². The molecule has 1 aromatic rings. The van der Waals surface area contributed by atoms with Crippen molar-refractivity contribution in [1.82, 2.24) is 0 Å². The van der Waals surface area contributed by atoms with E-state index < -0.39 is 11.6 Å². The van der Waals surface area contributed by atoms with E-state index in [4.69, 9.17) is 4.74 Å². The second-order valence-electron chi connectivity index (χ2n) is 9.97. The first kappa shape index (κ1) is 24.1. The predicted molar refractivity (Wildman–Crippen MR) is 123 cm³/mol. The van der Waals surface area contributed by atoms with Crippen LogP contribution in [0.5, 0.6) is 11.5 Å². The van der Waals surface area contributed by atoms with Crippen molar-refractivity contribution in [2.24, 2.45) is 23.7 Å². The summed E-state index contributed by atoms with van der Waals surface area (Å²) in [4.78, 5) is 12.7. The minimum atomic E-state index is -0.833. The molecule has 0 atom stereocenters. The number of phenols is 1. The summed E-state index contributed by atoms with van der Waals surface area (Å²) < 4.78 is 19.4. The molecule has 0 aliphatic heterocycles. The van der Waals surface area contributed by atoms with Crippen molar-refractivity contribution in [2.75, 3.05) is 6.61 Å². The number of hydrogen-bond donors (Lipinski definition) is 1. The molecule has 1 aromatic carbocycles. The lowest BCUT2D eigenvalue weighted by Gasteiger charge is -2.32. The van der Waals surface area contributed by atoms with Crippen LogP contribution in [-0.2, 0) is 0 Å². The molecule has 0 unspecified atom stereocenters. The molecule has 1 N–H and O–H groups in total. The molecule has 2 fully saturated rings. The Hall–Kier alpha value is -1.58. The second-order valence-corrected chi connectivity index (χ2v) is 9.97. The van der Waals surface area contributed by atoms with Crippen molar-refractivity contribution in [1.29, 1.82) is 0 Å². The monoisotopic (exact) mass is 432 g/mol. The van der Waals surface area contributed by atoms with Gasteiger partial charge in [-0.2, -0.15) is 4.39 Å². The Morgan fingerprint density at radius 2 is 1.42 bits per heavy atom. The Kier molecular flexibility index (Phi) is 9.22. The van der Waals surface area contributed by atoms with Gasteiger partial charge in [-0.15, -0.1) is 0 Å². The number of carbonyl (C=O) groups excluding carboxylic acids is 1. The molecule has 0 radical (unpaired) electrons. The number of hydrogen-bond acceptors (Lipinski definition) is 3. The van der Waals surface area contributed by atoms with Crippen LogP contribution < -0.4 is 4.74 Å². The highest BCUT2D eigenvalue weighted by atomic mass is 19.1. The molecule has 0 saturated heterocycles. The number of ketones is 1. The van der Waals surface area contributed by atoms with Crippen LogP contribution in [0.25, 0.3) is 0 Å². The molecule has 2 saturated carbocycles. The van der Waals surface area contributed by atoms with Crippen molar-refractivity contribution < 1.29 is 19.0 Å². The van der Waals surface area contributed by atoms with Crippen molar-refractivity contribution >= 4 is 5.78 Å². The number of aromatic hydroxyl groups is 1. The maximum Gasteiger partial charge on any atom is 0.207 e. The molecule has 0 spiro atoms. The fourth-order valence-corrected chi connectivity index (χ4v) is 5.82. The van der Waals surface area contributed by atoms with E-state index in [1.807, 2.05) is 0 Å². The maximum absolute atomic E-state index is 14.2. The summed E-state index contributed by atoms with van der Waals surface area (Å²) in [5.41, 5.74) is 0.0850. The molecule has 4 heteroatoms. The van der Waals surface area contributed by atoms with E-state index in [1.54, 1.807) is 6.92 Å². The summed E-state index contributed by atoms with van der Waals surface area (Å²) in [6.45, 7) is 4.37. The quantitative estimate of drug-likeness (QED) is 0.385. The lowest BCUT2D eigenvalue weighted by atomic mass is 9.74. The number of benzene rings is 1. The zero-order chi connectivity index (χ0) is 22.2. The van der Waals surface area contributed by atoms with Crippen LogP contribution in [0, 0.1) is 29.5 Å². The third-order valence-corrected chi connectivity index (χ3v) is 7.77. The fourth-order valence-electron chi connectivity index (χ4n) is 5.82. The van der Waals surface area contributed by atoms with Crippen molar-refractivity contribution in [3.05, 3.63) is 23.5 Å². The number of halogens is 1. The van der Waals surface area contributed by atoms with Gasteiger partial charge in [-0.25, -0.2) is 0 Å². The summed E-state index contributed by atoms with van der Waals surface area (Å²) in [7, 11) is 0. The summed E-state index contributed by atoms with van der Waals surface area (Å²) in [5.74, 6) is 1.50. The molecule has 3 rings (SSSR count). The Bertz CT molecular complexity index is 701. The Morgan fingerprint density at radius 3 is 1.94 bits per heavy atom. The van der Waals surface area contributed by atoms with Gasteiger partial charge in [0.2, 0.25) is 5.82 Å². The van der Waals surface area contributed by atoms with Gasteiger partial charge in [0, 0.05) is 6.42 Å². The number of phenolic OH excluding ortho intramolecular Hbond substituents is 1. The first-order valence-electron chi connectivity index (χ1n) is 12.7. The van der Waals surface area contributed by atoms with Crippen molar-refractivity contribution in [2.45, 2.75) is 97.3 Å². The zero-order valence-electron chi connectivity index (χ0n) is 19.5. The highest BCUT2D eigenvalue weighted by molar-refractivity contribution is 5.99. The average Bonchev–Trinajstić information content (AvgIpc) is 2.78. The highest BCUT2D eigenvalue weighted by Gasteiger charge is 2.27. The number of ether oxygens (including phenoxy) is 1. The topological polar surface area (TPSA) is 46.5 Å². The van der Waals surface area contributed by atoms with E-state index in [9.17, 15) is 14.3 Å². The molecular weight excluding hydrogens is 391 g/mol. The number of carbonyl (C=O) groups is 1. The van der Waals surface area contributed by atoms with E-state index in [-0.39, 0.29) is 17.1 Å². The summed E-state index contributed by atoms with van der Waals surface area (Å²) >= 11 is 0. The largest absolute Gasteiger partial charge is 0.504 e. The number of rotatable bonds is 10. The van der Waals surface area contributed by atoms with Crippen LogP contribution in [-0.4, -0.2) is 17.5 Å². The molecule has 0 bridgehead atoms. The van der Waals surface area contributed by atoms with Crippen LogP contribution in [0.2, 0.25) is 0 Å². The third kappa shape index (κ3) is 6.70. The Morgan fingerprint density at radius 1 is 0.903 bits per heavy atom. The van der Waals surface area contributed by atoms with Crippen molar-refractivity contribution in [3.63, 3.8) is 0 Å². The standard InChI is InChI=1S/C27H41FO3/c1-3-5-19-6-8-20(9-7-19)10-11-21-12-14-22(15-13-21)18-24(29)23-16-17-25(31-4-2)26(28)27(23)30/h16-17,19-22,30H,3-15,18H2,1-2H3. The zero-order valence-corrected chi connectivity index (χ0v) is 19.5. The molecule has 0 amide bonds.